The molecule has 3 N–H and O–H groups in total. The third-order valence-electron chi connectivity index (χ3n) is 6.28. The third-order valence-corrected chi connectivity index (χ3v) is 7.51. The zero-order valence-electron chi connectivity index (χ0n) is 20.8. The van der Waals surface area contributed by atoms with E-state index >= 15 is 0 Å². The summed E-state index contributed by atoms with van der Waals surface area (Å²) < 4.78 is 32.4. The predicted molar refractivity (Wildman–Crippen MR) is 154 cm³/mol. The highest BCUT2D eigenvalue weighted by Gasteiger charge is 2.42. The van der Waals surface area contributed by atoms with Crippen molar-refractivity contribution in [3.05, 3.63) is 101 Å². The van der Waals surface area contributed by atoms with Crippen molar-refractivity contribution in [1.29, 1.82) is 0 Å². The Hall–Kier alpha value is -3.93. The topological polar surface area (TPSA) is 125 Å². The van der Waals surface area contributed by atoms with Crippen LogP contribution in [0.25, 0.3) is 11.3 Å². The number of hydrogen-bond donors (Lipinski definition) is 3. The van der Waals surface area contributed by atoms with Crippen molar-refractivity contribution in [3.63, 3.8) is 0 Å². The SMILES string of the molecule is Cc1cc(N2C(=S)N[C@@H](c3ccccn3)[C@@H]2c2ccc(-c3cc(C(=O)O)ccc3Cl)o2)ccc1NS(C)(=O)=O. The van der Waals surface area contributed by atoms with Crippen LogP contribution in [0.5, 0.6) is 0 Å². The van der Waals surface area contributed by atoms with Crippen LogP contribution < -0.4 is 14.9 Å². The highest BCUT2D eigenvalue weighted by Crippen LogP contribution is 2.44. The standard InChI is InChI=1S/C27H23ClN4O5S2/c1-15-13-17(7-9-20(15)31-39(2,35)36)32-25(24(30-27(32)38)21-5-3-4-12-29-21)23-11-10-22(37-23)18-14-16(26(33)34)6-8-19(18)28/h3-14,24-25,31H,1-2H3,(H,30,38)(H,33,34)/t24-,25-/m0/s1. The average Bonchev–Trinajstić information content (AvgIpc) is 3.50. The fraction of sp³-hybridized carbons (Fsp3) is 0.148. The summed E-state index contributed by atoms with van der Waals surface area (Å²) in [5.74, 6) is -0.129. The van der Waals surface area contributed by atoms with Gasteiger partial charge in [-0.2, -0.15) is 0 Å². The summed E-state index contributed by atoms with van der Waals surface area (Å²) in [5.41, 5.74) is 3.16. The smallest absolute Gasteiger partial charge is 0.335 e. The van der Waals surface area contributed by atoms with Gasteiger partial charge in [-0.1, -0.05) is 17.7 Å². The molecule has 200 valence electrons. The fourth-order valence-corrected chi connectivity index (χ4v) is 5.72. The number of benzene rings is 2. The van der Waals surface area contributed by atoms with Crippen molar-refractivity contribution in [1.82, 2.24) is 10.3 Å². The van der Waals surface area contributed by atoms with Gasteiger partial charge in [-0.05, 0) is 85.4 Å². The first-order valence-electron chi connectivity index (χ1n) is 11.7. The van der Waals surface area contributed by atoms with Crippen LogP contribution in [-0.4, -0.2) is 35.8 Å². The van der Waals surface area contributed by atoms with Gasteiger partial charge in [0, 0.05) is 17.4 Å². The van der Waals surface area contributed by atoms with E-state index in [0.29, 0.717) is 38.5 Å². The molecule has 1 fully saturated rings. The van der Waals surface area contributed by atoms with Crippen molar-refractivity contribution >= 4 is 56.3 Å². The van der Waals surface area contributed by atoms with E-state index in [1.54, 1.807) is 37.4 Å². The number of nitrogens with zero attached hydrogens (tertiary/aromatic N) is 2. The molecular formula is C27H23ClN4O5S2. The Bertz CT molecular complexity index is 1690. The molecule has 2 atom stereocenters. The lowest BCUT2D eigenvalue weighted by atomic mass is 10.0. The normalized spacial score (nSPS) is 17.2. The van der Waals surface area contributed by atoms with E-state index in [2.05, 4.69) is 15.0 Å². The summed E-state index contributed by atoms with van der Waals surface area (Å²) >= 11 is 12.2. The second-order valence-corrected chi connectivity index (χ2v) is 11.6. The molecule has 2 aromatic heterocycles. The summed E-state index contributed by atoms with van der Waals surface area (Å²) in [6, 6.07) is 18.0. The lowest BCUT2D eigenvalue weighted by Gasteiger charge is -2.26. The van der Waals surface area contributed by atoms with Crippen LogP contribution in [0.3, 0.4) is 0 Å². The van der Waals surface area contributed by atoms with Crippen LogP contribution in [0, 0.1) is 6.92 Å². The molecule has 1 saturated heterocycles. The van der Waals surface area contributed by atoms with E-state index in [-0.39, 0.29) is 11.6 Å². The van der Waals surface area contributed by atoms with E-state index in [9.17, 15) is 18.3 Å². The molecule has 0 saturated carbocycles. The minimum absolute atomic E-state index is 0.0855. The number of aromatic carboxylic acids is 1. The van der Waals surface area contributed by atoms with Crippen molar-refractivity contribution in [3.8, 4) is 11.3 Å². The maximum absolute atomic E-state index is 11.8. The highest BCUT2D eigenvalue weighted by atomic mass is 35.5. The van der Waals surface area contributed by atoms with E-state index < -0.39 is 22.0 Å². The lowest BCUT2D eigenvalue weighted by Crippen LogP contribution is -2.29. The molecule has 4 aromatic rings. The van der Waals surface area contributed by atoms with E-state index in [1.165, 1.54) is 18.2 Å². The number of aryl methyl sites for hydroxylation is 1. The highest BCUT2D eigenvalue weighted by molar-refractivity contribution is 7.92. The number of nitrogens with one attached hydrogen (secondary N) is 2. The first-order valence-corrected chi connectivity index (χ1v) is 14.4. The van der Waals surface area contributed by atoms with Crippen LogP contribution in [0.2, 0.25) is 5.02 Å². The van der Waals surface area contributed by atoms with Gasteiger partial charge >= 0.3 is 5.97 Å². The zero-order chi connectivity index (χ0) is 27.9. The van der Waals surface area contributed by atoms with E-state index in [1.807, 2.05) is 29.2 Å². The monoisotopic (exact) mass is 582 g/mol. The maximum atomic E-state index is 11.8. The molecule has 5 rings (SSSR count). The van der Waals surface area contributed by atoms with E-state index in [4.69, 9.17) is 28.2 Å². The molecule has 3 heterocycles. The second kappa shape index (κ2) is 10.3. The molecule has 1 aliphatic heterocycles. The molecule has 0 amide bonds. The summed E-state index contributed by atoms with van der Waals surface area (Å²) in [6.07, 6.45) is 2.79. The van der Waals surface area contributed by atoms with Crippen molar-refractivity contribution < 1.29 is 22.7 Å². The van der Waals surface area contributed by atoms with Gasteiger partial charge in [-0.15, -0.1) is 0 Å². The number of carboxylic acids is 1. The molecule has 1 aliphatic rings. The minimum atomic E-state index is -3.45. The number of furan rings is 1. The summed E-state index contributed by atoms with van der Waals surface area (Å²) in [6.45, 7) is 1.80. The number of carbonyl (C=O) groups is 1. The van der Waals surface area contributed by atoms with Gasteiger partial charge in [0.2, 0.25) is 10.0 Å². The Morgan fingerprint density at radius 2 is 1.95 bits per heavy atom. The largest absolute Gasteiger partial charge is 0.478 e. The number of thiocarbonyl (C=S) groups is 1. The van der Waals surface area contributed by atoms with Crippen molar-refractivity contribution in [2.75, 3.05) is 15.9 Å². The van der Waals surface area contributed by atoms with Gasteiger partial charge in [0.05, 0.1) is 34.3 Å². The quantitative estimate of drug-likeness (QED) is 0.240. The van der Waals surface area contributed by atoms with Crippen LogP contribution in [0.15, 0.2) is 77.3 Å². The molecular weight excluding hydrogens is 560 g/mol. The van der Waals surface area contributed by atoms with Gasteiger partial charge < -0.3 is 19.7 Å². The van der Waals surface area contributed by atoms with Crippen LogP contribution in [0.1, 0.15) is 39.5 Å². The van der Waals surface area contributed by atoms with Crippen molar-refractivity contribution in [2.24, 2.45) is 0 Å². The summed E-state index contributed by atoms with van der Waals surface area (Å²) in [7, 11) is -3.45. The van der Waals surface area contributed by atoms with Crippen LogP contribution in [-0.2, 0) is 10.0 Å². The molecule has 0 aliphatic carbocycles. The van der Waals surface area contributed by atoms with Crippen LogP contribution in [0.4, 0.5) is 11.4 Å². The Labute approximate surface area is 235 Å². The maximum Gasteiger partial charge on any atom is 0.335 e. The number of sulfonamides is 1. The first-order chi connectivity index (χ1) is 18.5. The molecule has 9 nitrogen and oxygen atoms in total. The third kappa shape index (κ3) is 5.47. The second-order valence-electron chi connectivity index (χ2n) is 9.07. The van der Waals surface area contributed by atoms with Gasteiger partial charge in [0.25, 0.3) is 0 Å². The van der Waals surface area contributed by atoms with Crippen LogP contribution >= 0.6 is 23.8 Å². The molecule has 2 aromatic carbocycles. The fourth-order valence-electron chi connectivity index (χ4n) is 4.54. The first kappa shape index (κ1) is 26.7. The number of aromatic nitrogens is 1. The number of hydrogen-bond acceptors (Lipinski definition) is 6. The molecule has 39 heavy (non-hydrogen) atoms. The molecule has 0 spiro atoms. The van der Waals surface area contributed by atoms with Gasteiger partial charge in [-0.3, -0.25) is 9.71 Å². The predicted octanol–water partition coefficient (Wildman–Crippen LogP) is 5.55. The number of rotatable bonds is 7. The number of halogens is 1. The zero-order valence-corrected chi connectivity index (χ0v) is 23.1. The Balaban J connectivity index is 1.60. The average molecular weight is 583 g/mol. The molecule has 0 bridgehead atoms. The Morgan fingerprint density at radius 3 is 2.62 bits per heavy atom. The number of carboxylic acid groups (broad SMARTS) is 1. The minimum Gasteiger partial charge on any atom is -0.478 e. The summed E-state index contributed by atoms with van der Waals surface area (Å²) in [5, 5.41) is 13.6. The molecule has 12 heteroatoms. The number of pyridine rings is 1. The van der Waals surface area contributed by atoms with Gasteiger partial charge in [0.1, 0.15) is 17.6 Å². The van der Waals surface area contributed by atoms with Gasteiger partial charge in [0.15, 0.2) is 5.11 Å². The lowest BCUT2D eigenvalue weighted by molar-refractivity contribution is 0.0697. The van der Waals surface area contributed by atoms with Crippen molar-refractivity contribution in [2.45, 2.75) is 19.0 Å². The summed E-state index contributed by atoms with van der Waals surface area (Å²) in [4.78, 5) is 17.9. The van der Waals surface area contributed by atoms with Gasteiger partial charge in [-0.25, -0.2) is 13.2 Å². The molecule has 0 radical (unpaired) electrons. The Morgan fingerprint density at radius 1 is 1.15 bits per heavy atom. The Kier molecular flexibility index (Phi) is 7.06. The van der Waals surface area contributed by atoms with E-state index in [0.717, 1.165) is 17.6 Å². The molecule has 0 unspecified atom stereocenters. The number of anilines is 2.